The van der Waals surface area contributed by atoms with Crippen LogP contribution >= 0.6 is 12.4 Å². The Morgan fingerprint density at radius 2 is 0.629 bits per heavy atom. The first-order valence-electron chi connectivity index (χ1n) is 19.9. The van der Waals surface area contributed by atoms with E-state index in [0.717, 1.165) is 101 Å². The van der Waals surface area contributed by atoms with Gasteiger partial charge in [0.1, 0.15) is 0 Å². The van der Waals surface area contributed by atoms with Gasteiger partial charge in [0, 0.05) is 50.5 Å². The van der Waals surface area contributed by atoms with Crippen LogP contribution in [0.15, 0.2) is 219 Å². The van der Waals surface area contributed by atoms with Crippen LogP contribution in [0, 0.1) is 12.1 Å². The van der Waals surface area contributed by atoms with Crippen molar-refractivity contribution in [2.24, 2.45) is 0 Å². The molecule has 4 aromatic heterocycles. The minimum Gasteiger partial charge on any atom is -0.304 e. The summed E-state index contributed by atoms with van der Waals surface area (Å²) in [6, 6.07) is 73.7. The van der Waals surface area contributed by atoms with E-state index < -0.39 is 0 Å². The first-order chi connectivity index (χ1) is 29.7. The van der Waals surface area contributed by atoms with E-state index in [4.69, 9.17) is 15.0 Å². The molecule has 0 atom stereocenters. The zero-order valence-electron chi connectivity index (χ0n) is 33.3. The molecule has 0 aliphatic rings. The van der Waals surface area contributed by atoms with Gasteiger partial charge in [-0.05, 0) is 109 Å². The minimum atomic E-state index is 0. The van der Waals surface area contributed by atoms with Crippen LogP contribution < -0.4 is 0 Å². The van der Waals surface area contributed by atoms with Crippen molar-refractivity contribution >= 4 is 12.4 Å². The fourth-order valence-electron chi connectivity index (χ4n) is 7.80. The molecule has 62 heavy (non-hydrogen) atoms. The molecule has 0 amide bonds. The van der Waals surface area contributed by atoms with Gasteiger partial charge in [0.15, 0.2) is 0 Å². The summed E-state index contributed by atoms with van der Waals surface area (Å²) in [6.45, 7) is 0. The van der Waals surface area contributed by atoms with Crippen LogP contribution in [-0.2, 0) is 20.1 Å². The van der Waals surface area contributed by atoms with Gasteiger partial charge in [-0.25, -0.2) is 0 Å². The number of hydrogen-bond donors (Lipinski definition) is 0. The monoisotopic (exact) mass is 993 g/mol. The Morgan fingerprint density at radius 3 is 0.952 bits per heavy atom. The van der Waals surface area contributed by atoms with Crippen LogP contribution in [0.2, 0.25) is 0 Å². The van der Waals surface area contributed by atoms with Gasteiger partial charge in [-0.2, -0.15) is 0 Å². The third-order valence-corrected chi connectivity index (χ3v) is 10.8. The van der Waals surface area contributed by atoms with E-state index in [1.165, 1.54) is 0 Å². The third-order valence-electron chi connectivity index (χ3n) is 10.8. The molecule has 0 fully saturated rings. The molecule has 0 aliphatic heterocycles. The molecule has 4 nitrogen and oxygen atoms in total. The summed E-state index contributed by atoms with van der Waals surface area (Å²) in [6.07, 6.45) is 7.68. The Bertz CT molecular complexity index is 2700. The van der Waals surface area contributed by atoms with E-state index >= 15 is 0 Å². The molecule has 0 saturated carbocycles. The fraction of sp³-hybridized carbons (Fsp3) is 0. The summed E-state index contributed by atoms with van der Waals surface area (Å²) >= 11 is 0. The quantitative estimate of drug-likeness (QED) is 0.135. The molecule has 0 spiro atoms. The smallest absolute Gasteiger partial charge is 0.0886 e. The zero-order valence-corrected chi connectivity index (χ0v) is 36.5. The molecule has 0 aliphatic carbocycles. The second-order valence-corrected chi connectivity index (χ2v) is 14.5. The molecule has 0 N–H and O–H groups in total. The van der Waals surface area contributed by atoms with E-state index in [1.807, 2.05) is 91.4 Å². The van der Waals surface area contributed by atoms with Crippen molar-refractivity contribution in [3.05, 3.63) is 231 Å². The summed E-state index contributed by atoms with van der Waals surface area (Å²) in [5.41, 5.74) is 18.4. The number of halogens is 1. The average molecular weight is 994 g/mol. The van der Waals surface area contributed by atoms with Gasteiger partial charge < -0.3 is 9.97 Å². The Balaban J connectivity index is 0.00000264. The predicted octanol–water partition coefficient (Wildman–Crippen LogP) is 14.3. The molecular formula is C56H37ClIrN4-2. The standard InChI is InChI=1S/C56H36N4.ClH.Ir/c1-3-15-39(16-4-1)53-29-26-41(36-58-53)47-19-7-10-22-50(47)44-33-45(51-23-11-8-20-48(51)42-27-30-54(59-37-42)40-17-5-2-6-18-40)35-46(34-44)52-24-12-9-21-49(52)43-28-31-56(60-38-43)55-25-13-14-32-57-55;;/h1-15,17,19-38H;1H;/q-2;;. The molecule has 4 heterocycles. The maximum Gasteiger partial charge on any atom is 0.0886 e. The maximum atomic E-state index is 4.88. The van der Waals surface area contributed by atoms with Gasteiger partial charge in [-0.1, -0.05) is 109 Å². The topological polar surface area (TPSA) is 51.6 Å². The second-order valence-electron chi connectivity index (χ2n) is 14.5. The Morgan fingerprint density at radius 1 is 0.290 bits per heavy atom. The van der Waals surface area contributed by atoms with Crippen molar-refractivity contribution in [2.75, 3.05) is 0 Å². The van der Waals surface area contributed by atoms with Crippen molar-refractivity contribution in [2.45, 2.75) is 0 Å². The summed E-state index contributed by atoms with van der Waals surface area (Å²) in [5, 5.41) is 0. The molecule has 0 saturated heterocycles. The molecule has 299 valence electrons. The molecule has 10 aromatic rings. The van der Waals surface area contributed by atoms with E-state index in [0.29, 0.717) is 0 Å². The van der Waals surface area contributed by atoms with Crippen molar-refractivity contribution in [3.8, 4) is 101 Å². The van der Waals surface area contributed by atoms with Crippen LogP contribution in [0.1, 0.15) is 0 Å². The first kappa shape index (κ1) is 41.6. The molecule has 6 aromatic carbocycles. The second kappa shape index (κ2) is 19.1. The van der Waals surface area contributed by atoms with Gasteiger partial charge in [0.25, 0.3) is 0 Å². The molecule has 1 radical (unpaired) electrons. The fourth-order valence-corrected chi connectivity index (χ4v) is 7.80. The van der Waals surface area contributed by atoms with Crippen molar-refractivity contribution in [1.29, 1.82) is 0 Å². The Labute approximate surface area is 381 Å². The van der Waals surface area contributed by atoms with Crippen LogP contribution in [0.3, 0.4) is 0 Å². The molecule has 0 bridgehead atoms. The summed E-state index contributed by atoms with van der Waals surface area (Å²) in [4.78, 5) is 19.1. The number of pyridine rings is 4. The van der Waals surface area contributed by atoms with Gasteiger partial charge in [0.2, 0.25) is 0 Å². The van der Waals surface area contributed by atoms with Crippen LogP contribution in [0.5, 0.6) is 0 Å². The van der Waals surface area contributed by atoms with Gasteiger partial charge in [-0.3, -0.25) is 9.97 Å². The number of rotatable bonds is 9. The molecule has 0 unspecified atom stereocenters. The first-order valence-corrected chi connectivity index (χ1v) is 19.9. The largest absolute Gasteiger partial charge is 0.304 e. The van der Waals surface area contributed by atoms with E-state index in [1.54, 1.807) is 6.20 Å². The number of benzene rings is 6. The molecular weight excluding hydrogens is 956 g/mol. The van der Waals surface area contributed by atoms with Crippen molar-refractivity contribution in [1.82, 2.24) is 19.9 Å². The zero-order chi connectivity index (χ0) is 40.1. The van der Waals surface area contributed by atoms with Gasteiger partial charge in [-0.15, -0.1) is 84.2 Å². The number of aromatic nitrogens is 4. The molecule has 10 rings (SSSR count). The Kier molecular flexibility index (Phi) is 12.8. The van der Waals surface area contributed by atoms with E-state index in [9.17, 15) is 0 Å². The van der Waals surface area contributed by atoms with E-state index in [-0.39, 0.29) is 32.5 Å². The van der Waals surface area contributed by atoms with E-state index in [2.05, 4.69) is 138 Å². The average Bonchev–Trinajstić information content (AvgIpc) is 3.35. The summed E-state index contributed by atoms with van der Waals surface area (Å²) in [7, 11) is 0. The normalized spacial score (nSPS) is 10.6. The third kappa shape index (κ3) is 8.70. The van der Waals surface area contributed by atoms with Crippen molar-refractivity contribution in [3.63, 3.8) is 0 Å². The minimum absolute atomic E-state index is 0. The molecule has 6 heteroatoms. The maximum absolute atomic E-state index is 4.88. The summed E-state index contributed by atoms with van der Waals surface area (Å²) in [5.74, 6) is 0. The van der Waals surface area contributed by atoms with Gasteiger partial charge in [0.05, 0.1) is 11.4 Å². The predicted molar refractivity (Wildman–Crippen MR) is 251 cm³/mol. The van der Waals surface area contributed by atoms with Crippen LogP contribution in [0.25, 0.3) is 101 Å². The summed E-state index contributed by atoms with van der Waals surface area (Å²) < 4.78 is 0. The van der Waals surface area contributed by atoms with Crippen LogP contribution in [-0.4, -0.2) is 19.9 Å². The van der Waals surface area contributed by atoms with Gasteiger partial charge >= 0.3 is 0 Å². The number of hydrogen-bond acceptors (Lipinski definition) is 4. The van der Waals surface area contributed by atoms with Crippen LogP contribution in [0.4, 0.5) is 0 Å². The number of nitrogens with zero attached hydrogens (tertiary/aromatic N) is 4. The SMILES string of the molecule is Cl.[Ir].[c-]1ccccc1-c1ccc(-c2ccccc2-c2cc(-c3ccccc3-c3ccc(-c4[c-]cccc4)nc3)cc(-c3ccccc3-c3ccc(-c4ccccn4)nc3)c2)cn1. The van der Waals surface area contributed by atoms with Crippen molar-refractivity contribution < 1.29 is 20.1 Å². The Hall–Kier alpha value is -7.14.